The van der Waals surface area contributed by atoms with E-state index in [0.29, 0.717) is 36.9 Å². The van der Waals surface area contributed by atoms with Gasteiger partial charge in [0.05, 0.1) is 15.6 Å². The van der Waals surface area contributed by atoms with E-state index in [1.165, 1.54) is 13.2 Å². The van der Waals surface area contributed by atoms with E-state index in [2.05, 4.69) is 27.9 Å². The summed E-state index contributed by atoms with van der Waals surface area (Å²) < 4.78 is 25.9. The number of amides is 3. The molecule has 1 fully saturated rings. The van der Waals surface area contributed by atoms with Crippen LogP contribution in [0.15, 0.2) is 65.6 Å². The summed E-state index contributed by atoms with van der Waals surface area (Å²) in [6.45, 7) is -0.413. The number of rotatable bonds is 8. The maximum atomic E-state index is 14.0. The topological polar surface area (TPSA) is 84.9 Å². The van der Waals surface area contributed by atoms with Gasteiger partial charge in [-0.2, -0.15) is 0 Å². The van der Waals surface area contributed by atoms with E-state index >= 15 is 0 Å². The first-order chi connectivity index (χ1) is 17.7. The number of anilines is 1. The number of nitrogens with one attached hydrogen (secondary N) is 1. The van der Waals surface area contributed by atoms with Crippen molar-refractivity contribution < 1.29 is 28.2 Å². The van der Waals surface area contributed by atoms with E-state index in [4.69, 9.17) is 21.1 Å². The van der Waals surface area contributed by atoms with Crippen LogP contribution in [0.5, 0.6) is 11.5 Å². The van der Waals surface area contributed by atoms with E-state index in [0.717, 1.165) is 16.7 Å². The lowest BCUT2D eigenvalue weighted by Gasteiger charge is -2.14. The van der Waals surface area contributed by atoms with Crippen molar-refractivity contribution in [2.75, 3.05) is 19.0 Å². The molecule has 7 nitrogen and oxygen atoms in total. The number of thioether (sulfide) groups is 1. The highest BCUT2D eigenvalue weighted by Gasteiger charge is 2.36. The fourth-order valence-corrected chi connectivity index (χ4v) is 5.14. The van der Waals surface area contributed by atoms with Gasteiger partial charge in [0, 0.05) is 16.3 Å². The van der Waals surface area contributed by atoms with Crippen molar-refractivity contribution in [3.8, 4) is 11.5 Å². The van der Waals surface area contributed by atoms with Crippen LogP contribution in [0.4, 0.5) is 14.9 Å². The summed E-state index contributed by atoms with van der Waals surface area (Å²) in [4.78, 5) is 38.8. The van der Waals surface area contributed by atoms with Gasteiger partial charge in [0.2, 0.25) is 5.91 Å². The first-order valence-electron chi connectivity index (χ1n) is 10.8. The number of hydrogen-bond acceptors (Lipinski definition) is 6. The summed E-state index contributed by atoms with van der Waals surface area (Å²) in [5, 5.41) is 2.60. The summed E-state index contributed by atoms with van der Waals surface area (Å²) in [5.41, 5.74) is 1.49. The number of carbonyl (C=O) groups is 3. The van der Waals surface area contributed by atoms with Crippen molar-refractivity contribution >= 4 is 74.8 Å². The number of benzene rings is 3. The van der Waals surface area contributed by atoms with Crippen molar-refractivity contribution in [3.05, 3.63) is 91.1 Å². The van der Waals surface area contributed by atoms with Crippen LogP contribution in [-0.2, 0) is 16.2 Å². The molecule has 3 amide bonds. The van der Waals surface area contributed by atoms with Gasteiger partial charge in [-0.05, 0) is 88.5 Å². The standard InChI is InChI=1S/C26H19ClFIN2O5S/c1-35-21-11-15(10-20(29)24(21)36-14-16-4-2-3-5-19(16)28)12-22-25(33)31(26(34)37-22)13-23(32)30-18-8-6-17(27)7-9-18/h2-12H,13-14H2,1H3,(H,30,32)/b22-12+. The molecule has 1 heterocycles. The van der Waals surface area contributed by atoms with Crippen molar-refractivity contribution in [3.63, 3.8) is 0 Å². The number of methoxy groups -OCH3 is 1. The van der Waals surface area contributed by atoms with Crippen LogP contribution in [0.1, 0.15) is 11.1 Å². The summed E-state index contributed by atoms with van der Waals surface area (Å²) in [5.74, 6) is -0.647. The van der Waals surface area contributed by atoms with Gasteiger partial charge in [-0.15, -0.1) is 0 Å². The van der Waals surface area contributed by atoms with Crippen LogP contribution in [0.25, 0.3) is 6.08 Å². The van der Waals surface area contributed by atoms with Crippen LogP contribution in [0, 0.1) is 9.39 Å². The molecule has 1 N–H and O–H groups in total. The van der Waals surface area contributed by atoms with E-state index in [1.54, 1.807) is 60.7 Å². The molecule has 37 heavy (non-hydrogen) atoms. The minimum atomic E-state index is -0.574. The number of halogens is 3. The van der Waals surface area contributed by atoms with Crippen LogP contribution in [-0.4, -0.2) is 35.6 Å². The molecule has 0 atom stereocenters. The van der Waals surface area contributed by atoms with Gasteiger partial charge in [0.25, 0.3) is 11.1 Å². The second-order valence-electron chi connectivity index (χ2n) is 7.74. The molecule has 1 saturated heterocycles. The monoisotopic (exact) mass is 652 g/mol. The lowest BCUT2D eigenvalue weighted by molar-refractivity contribution is -0.127. The van der Waals surface area contributed by atoms with Gasteiger partial charge >= 0.3 is 0 Å². The third kappa shape index (κ3) is 6.62. The van der Waals surface area contributed by atoms with Crippen LogP contribution < -0.4 is 14.8 Å². The second kappa shape index (κ2) is 12.0. The SMILES string of the molecule is COc1cc(/C=C2/SC(=O)N(CC(=O)Nc3ccc(Cl)cc3)C2=O)cc(I)c1OCc1ccccc1F. The molecule has 0 bridgehead atoms. The third-order valence-corrected chi connectivity index (χ3v) is 7.14. The third-order valence-electron chi connectivity index (χ3n) is 5.18. The molecule has 0 saturated carbocycles. The van der Waals surface area contributed by atoms with Gasteiger partial charge in [-0.1, -0.05) is 29.8 Å². The minimum absolute atomic E-state index is 0.00928. The molecule has 0 aromatic heterocycles. The molecule has 0 unspecified atom stereocenters. The number of nitrogens with zero attached hydrogens (tertiary/aromatic N) is 1. The van der Waals surface area contributed by atoms with Crippen LogP contribution in [0.3, 0.4) is 0 Å². The molecule has 4 rings (SSSR count). The predicted octanol–water partition coefficient (Wildman–Crippen LogP) is 6.35. The Morgan fingerprint density at radius 2 is 1.89 bits per heavy atom. The first kappa shape index (κ1) is 27.0. The first-order valence-corrected chi connectivity index (χ1v) is 13.1. The molecule has 11 heteroatoms. The average molecular weight is 653 g/mol. The Balaban J connectivity index is 1.47. The van der Waals surface area contributed by atoms with E-state index in [-0.39, 0.29) is 17.3 Å². The lowest BCUT2D eigenvalue weighted by Crippen LogP contribution is -2.36. The number of hydrogen-bond donors (Lipinski definition) is 1. The van der Waals surface area contributed by atoms with Crippen LogP contribution >= 0.6 is 46.0 Å². The zero-order valence-electron chi connectivity index (χ0n) is 19.3. The van der Waals surface area contributed by atoms with Crippen molar-refractivity contribution in [1.82, 2.24) is 4.90 Å². The predicted molar refractivity (Wildman–Crippen MR) is 149 cm³/mol. The molecule has 3 aromatic rings. The zero-order chi connectivity index (χ0) is 26.5. The Kier molecular flexibility index (Phi) is 8.72. The number of ether oxygens (including phenoxy) is 2. The van der Waals surface area contributed by atoms with E-state index in [1.807, 2.05) is 0 Å². The molecule has 0 aliphatic carbocycles. The van der Waals surface area contributed by atoms with Gasteiger partial charge < -0.3 is 14.8 Å². The molecule has 190 valence electrons. The quantitative estimate of drug-likeness (QED) is 0.226. The maximum absolute atomic E-state index is 14.0. The second-order valence-corrected chi connectivity index (χ2v) is 10.3. The highest BCUT2D eigenvalue weighted by molar-refractivity contribution is 14.1. The number of carbonyl (C=O) groups excluding carboxylic acids is 3. The summed E-state index contributed by atoms with van der Waals surface area (Å²) in [6.07, 6.45) is 1.55. The molecular weight excluding hydrogens is 634 g/mol. The molecule has 1 aliphatic rings. The highest BCUT2D eigenvalue weighted by Crippen LogP contribution is 2.37. The zero-order valence-corrected chi connectivity index (χ0v) is 23.0. The van der Waals surface area contributed by atoms with E-state index in [9.17, 15) is 18.8 Å². The van der Waals surface area contributed by atoms with Crippen molar-refractivity contribution in [1.29, 1.82) is 0 Å². The fourth-order valence-electron chi connectivity index (χ4n) is 3.39. The molecule has 1 aliphatic heterocycles. The average Bonchev–Trinajstić information content (AvgIpc) is 3.12. The lowest BCUT2D eigenvalue weighted by atomic mass is 10.1. The van der Waals surface area contributed by atoms with Gasteiger partial charge in [-0.25, -0.2) is 4.39 Å². The normalized spacial score (nSPS) is 14.3. The van der Waals surface area contributed by atoms with Crippen molar-refractivity contribution in [2.45, 2.75) is 6.61 Å². The summed E-state index contributed by atoms with van der Waals surface area (Å²) in [7, 11) is 1.47. The van der Waals surface area contributed by atoms with Gasteiger partial charge in [0.15, 0.2) is 11.5 Å². The molecule has 0 radical (unpaired) electrons. The van der Waals surface area contributed by atoms with Crippen LogP contribution in [0.2, 0.25) is 5.02 Å². The Labute approximate surface area is 235 Å². The smallest absolute Gasteiger partial charge is 0.294 e. The molecule has 3 aromatic carbocycles. The minimum Gasteiger partial charge on any atom is -0.493 e. The largest absolute Gasteiger partial charge is 0.493 e. The Hall–Kier alpha value is -3.09. The summed E-state index contributed by atoms with van der Waals surface area (Å²) >= 11 is 8.64. The summed E-state index contributed by atoms with van der Waals surface area (Å²) in [6, 6.07) is 16.2. The van der Waals surface area contributed by atoms with E-state index < -0.39 is 23.6 Å². The number of imide groups is 1. The van der Waals surface area contributed by atoms with Gasteiger partial charge in [-0.3, -0.25) is 19.3 Å². The Morgan fingerprint density at radius 1 is 1.16 bits per heavy atom. The fraction of sp³-hybridized carbons (Fsp3) is 0.115. The highest BCUT2D eigenvalue weighted by atomic mass is 127. The van der Waals surface area contributed by atoms with Crippen molar-refractivity contribution in [2.24, 2.45) is 0 Å². The van der Waals surface area contributed by atoms with Gasteiger partial charge in [0.1, 0.15) is 19.0 Å². The molecule has 0 spiro atoms. The Morgan fingerprint density at radius 3 is 2.59 bits per heavy atom. The maximum Gasteiger partial charge on any atom is 0.294 e. The molecular formula is C26H19ClFIN2O5S. The Bertz CT molecular complexity index is 1400.